The number of halogens is 1. The molecule has 0 amide bonds. The van der Waals surface area contributed by atoms with Gasteiger partial charge in [0.25, 0.3) is 0 Å². The van der Waals surface area contributed by atoms with Gasteiger partial charge in [0.2, 0.25) is 0 Å². The summed E-state index contributed by atoms with van der Waals surface area (Å²) in [6.07, 6.45) is 0. The summed E-state index contributed by atoms with van der Waals surface area (Å²) in [6, 6.07) is 10.2. The highest BCUT2D eigenvalue weighted by atomic mass is 35.5. The molecule has 0 saturated carbocycles. The van der Waals surface area contributed by atoms with Gasteiger partial charge in [-0.25, -0.2) is 0 Å². The van der Waals surface area contributed by atoms with Crippen LogP contribution in [-0.4, -0.2) is 14.2 Å². The minimum Gasteiger partial charge on any atom is -0.493 e. The van der Waals surface area contributed by atoms with Gasteiger partial charge in [-0.2, -0.15) is 0 Å². The van der Waals surface area contributed by atoms with E-state index in [1.165, 1.54) is 11.1 Å². The average Bonchev–Trinajstić information content (AvgIpc) is 2.47. The molecular formula is C17H20ClNO2. The van der Waals surface area contributed by atoms with Crippen LogP contribution < -0.4 is 14.8 Å². The van der Waals surface area contributed by atoms with Crippen molar-refractivity contribution in [2.75, 3.05) is 19.5 Å². The van der Waals surface area contributed by atoms with E-state index in [4.69, 9.17) is 21.1 Å². The van der Waals surface area contributed by atoms with Crippen LogP contribution in [0.3, 0.4) is 0 Å². The van der Waals surface area contributed by atoms with Gasteiger partial charge in [-0.1, -0.05) is 23.7 Å². The molecule has 0 unspecified atom stereocenters. The standard InChI is InChI=1S/C17H20ClNO2/c1-11-5-6-12(2)15(7-11)19-10-13-8-14(18)17(21-4)16(9-13)20-3/h5-9,19H,10H2,1-4H3. The molecule has 0 radical (unpaired) electrons. The second-order valence-corrected chi connectivity index (χ2v) is 5.39. The Balaban J connectivity index is 2.20. The molecule has 0 aromatic heterocycles. The number of ether oxygens (including phenoxy) is 2. The van der Waals surface area contributed by atoms with Crippen LogP contribution in [0.4, 0.5) is 5.69 Å². The van der Waals surface area contributed by atoms with E-state index in [9.17, 15) is 0 Å². The molecule has 0 atom stereocenters. The summed E-state index contributed by atoms with van der Waals surface area (Å²) in [5.41, 5.74) is 4.61. The molecule has 2 aromatic rings. The molecule has 2 rings (SSSR count). The summed E-state index contributed by atoms with van der Waals surface area (Å²) >= 11 is 6.22. The van der Waals surface area contributed by atoms with Crippen molar-refractivity contribution in [3.05, 3.63) is 52.0 Å². The lowest BCUT2D eigenvalue weighted by atomic mass is 10.1. The van der Waals surface area contributed by atoms with Crippen LogP contribution in [0.25, 0.3) is 0 Å². The Kier molecular flexibility index (Phi) is 4.97. The largest absolute Gasteiger partial charge is 0.493 e. The van der Waals surface area contributed by atoms with Crippen LogP contribution in [-0.2, 0) is 6.54 Å². The Morgan fingerprint density at radius 3 is 2.48 bits per heavy atom. The van der Waals surface area contributed by atoms with Crippen molar-refractivity contribution in [3.63, 3.8) is 0 Å². The highest BCUT2D eigenvalue weighted by Crippen LogP contribution is 2.36. The van der Waals surface area contributed by atoms with Crippen LogP contribution in [0.2, 0.25) is 5.02 Å². The fraction of sp³-hybridized carbons (Fsp3) is 0.294. The van der Waals surface area contributed by atoms with E-state index in [2.05, 4.69) is 37.4 Å². The summed E-state index contributed by atoms with van der Waals surface area (Å²) in [6.45, 7) is 4.84. The highest BCUT2D eigenvalue weighted by molar-refractivity contribution is 6.32. The first-order valence-corrected chi connectivity index (χ1v) is 7.14. The van der Waals surface area contributed by atoms with Gasteiger partial charge in [0.15, 0.2) is 11.5 Å². The van der Waals surface area contributed by atoms with Crippen molar-refractivity contribution in [1.29, 1.82) is 0 Å². The summed E-state index contributed by atoms with van der Waals surface area (Å²) in [4.78, 5) is 0. The van der Waals surface area contributed by atoms with Gasteiger partial charge in [0, 0.05) is 12.2 Å². The summed E-state index contributed by atoms with van der Waals surface area (Å²) in [5.74, 6) is 1.21. The number of hydrogen-bond donors (Lipinski definition) is 1. The van der Waals surface area contributed by atoms with Gasteiger partial charge in [0.05, 0.1) is 19.2 Å². The van der Waals surface area contributed by atoms with Crippen molar-refractivity contribution in [2.45, 2.75) is 20.4 Å². The second-order valence-electron chi connectivity index (χ2n) is 4.99. The number of hydrogen-bond acceptors (Lipinski definition) is 3. The third-order valence-electron chi connectivity index (χ3n) is 3.37. The first-order valence-electron chi connectivity index (χ1n) is 6.76. The van der Waals surface area contributed by atoms with Crippen LogP contribution in [0.1, 0.15) is 16.7 Å². The Morgan fingerprint density at radius 1 is 1.05 bits per heavy atom. The van der Waals surface area contributed by atoms with E-state index < -0.39 is 0 Å². The molecule has 1 N–H and O–H groups in total. The van der Waals surface area contributed by atoms with Gasteiger partial charge in [-0.05, 0) is 48.7 Å². The average molecular weight is 306 g/mol. The number of benzene rings is 2. The van der Waals surface area contributed by atoms with E-state index >= 15 is 0 Å². The van der Waals surface area contributed by atoms with Crippen LogP contribution in [0, 0.1) is 13.8 Å². The number of nitrogens with one attached hydrogen (secondary N) is 1. The Morgan fingerprint density at radius 2 is 1.81 bits per heavy atom. The second kappa shape index (κ2) is 6.72. The van der Waals surface area contributed by atoms with Gasteiger partial charge < -0.3 is 14.8 Å². The van der Waals surface area contributed by atoms with Crippen molar-refractivity contribution in [1.82, 2.24) is 0 Å². The first-order chi connectivity index (χ1) is 10.0. The summed E-state index contributed by atoms with van der Waals surface area (Å²) in [7, 11) is 3.19. The third-order valence-corrected chi connectivity index (χ3v) is 3.65. The van der Waals surface area contributed by atoms with E-state index in [-0.39, 0.29) is 0 Å². The van der Waals surface area contributed by atoms with Gasteiger partial charge in [0.1, 0.15) is 0 Å². The third kappa shape index (κ3) is 3.61. The zero-order valence-electron chi connectivity index (χ0n) is 12.8. The molecule has 0 spiro atoms. The SMILES string of the molecule is COc1cc(CNc2cc(C)ccc2C)cc(Cl)c1OC. The summed E-state index contributed by atoms with van der Waals surface area (Å²) < 4.78 is 10.6. The fourth-order valence-electron chi connectivity index (χ4n) is 2.20. The smallest absolute Gasteiger partial charge is 0.179 e. The number of aryl methyl sites for hydroxylation is 2. The molecule has 112 valence electrons. The molecule has 0 aliphatic heterocycles. The normalized spacial score (nSPS) is 10.3. The Bertz CT molecular complexity index is 641. The zero-order chi connectivity index (χ0) is 15.4. The lowest BCUT2D eigenvalue weighted by molar-refractivity contribution is 0.355. The van der Waals surface area contributed by atoms with Crippen molar-refractivity contribution in [3.8, 4) is 11.5 Å². The first kappa shape index (κ1) is 15.5. The highest BCUT2D eigenvalue weighted by Gasteiger charge is 2.11. The lowest BCUT2D eigenvalue weighted by Crippen LogP contribution is -2.02. The van der Waals surface area contributed by atoms with E-state index in [0.717, 1.165) is 11.3 Å². The van der Waals surface area contributed by atoms with Gasteiger partial charge in [-0.3, -0.25) is 0 Å². The maximum absolute atomic E-state index is 6.22. The van der Waals surface area contributed by atoms with Crippen LogP contribution in [0.5, 0.6) is 11.5 Å². The predicted molar refractivity (Wildman–Crippen MR) is 87.8 cm³/mol. The molecule has 21 heavy (non-hydrogen) atoms. The fourth-order valence-corrected chi connectivity index (χ4v) is 2.51. The maximum Gasteiger partial charge on any atom is 0.179 e. The molecule has 0 saturated heterocycles. The number of anilines is 1. The lowest BCUT2D eigenvalue weighted by Gasteiger charge is -2.14. The molecule has 0 aliphatic rings. The quantitative estimate of drug-likeness (QED) is 0.876. The van der Waals surface area contributed by atoms with Crippen molar-refractivity contribution in [2.24, 2.45) is 0 Å². The van der Waals surface area contributed by atoms with Crippen molar-refractivity contribution < 1.29 is 9.47 Å². The minimum absolute atomic E-state index is 0.551. The molecule has 0 bridgehead atoms. The number of rotatable bonds is 5. The molecule has 2 aromatic carbocycles. The monoisotopic (exact) mass is 305 g/mol. The molecule has 0 fully saturated rings. The topological polar surface area (TPSA) is 30.5 Å². The molecule has 3 nitrogen and oxygen atoms in total. The Labute approximate surface area is 130 Å². The summed E-state index contributed by atoms with van der Waals surface area (Å²) in [5, 5.41) is 3.98. The van der Waals surface area contributed by atoms with Gasteiger partial charge in [-0.15, -0.1) is 0 Å². The van der Waals surface area contributed by atoms with Gasteiger partial charge >= 0.3 is 0 Å². The van der Waals surface area contributed by atoms with Crippen LogP contribution in [0.15, 0.2) is 30.3 Å². The molecule has 4 heteroatoms. The molecule has 0 aliphatic carbocycles. The van der Waals surface area contributed by atoms with E-state index in [1.54, 1.807) is 14.2 Å². The van der Waals surface area contributed by atoms with E-state index in [0.29, 0.717) is 23.1 Å². The minimum atomic E-state index is 0.551. The molecule has 0 heterocycles. The predicted octanol–water partition coefficient (Wildman–Crippen LogP) is 4.59. The zero-order valence-corrected chi connectivity index (χ0v) is 13.5. The number of methoxy groups -OCH3 is 2. The van der Waals surface area contributed by atoms with E-state index in [1.807, 2.05) is 12.1 Å². The van der Waals surface area contributed by atoms with Crippen LogP contribution >= 0.6 is 11.6 Å². The molecular weight excluding hydrogens is 286 g/mol. The Hall–Kier alpha value is -1.87. The van der Waals surface area contributed by atoms with Crippen molar-refractivity contribution >= 4 is 17.3 Å². The maximum atomic E-state index is 6.22.